The number of nitrogens with zero attached hydrogens (tertiary/aromatic N) is 1. The molecule has 98 valence electrons. The Labute approximate surface area is 113 Å². The van der Waals surface area contributed by atoms with Crippen molar-refractivity contribution in [2.24, 2.45) is 5.73 Å². The molecule has 4 N–H and O–H groups in total. The fourth-order valence-corrected chi connectivity index (χ4v) is 2.54. The zero-order valence-electron chi connectivity index (χ0n) is 10.2. The number of nitrogens with one attached hydrogen (secondary N) is 2. The number of benzene rings is 1. The molecule has 0 aliphatic heterocycles. The molecule has 0 radical (unpaired) electrons. The van der Waals surface area contributed by atoms with Gasteiger partial charge in [-0.2, -0.15) is 0 Å². The number of aromatic amines is 1. The fraction of sp³-hybridized carbons (Fsp3) is 0.462. The Kier molecular flexibility index (Phi) is 4.09. The third kappa shape index (κ3) is 2.60. The predicted octanol–water partition coefficient (Wildman–Crippen LogP) is 2.67. The highest BCUT2D eigenvalue weighted by Crippen LogP contribution is 2.21. The third-order valence-corrected chi connectivity index (χ3v) is 3.53. The first-order valence-electron chi connectivity index (χ1n) is 6.30. The van der Waals surface area contributed by atoms with Crippen molar-refractivity contribution in [3.05, 3.63) is 24.3 Å². The summed E-state index contributed by atoms with van der Waals surface area (Å²) in [5.74, 6) is 0.841. The molecule has 3 rings (SSSR count). The Morgan fingerprint density at radius 2 is 2.00 bits per heavy atom. The topological polar surface area (TPSA) is 66.7 Å². The van der Waals surface area contributed by atoms with Crippen molar-refractivity contribution in [2.75, 3.05) is 5.32 Å². The van der Waals surface area contributed by atoms with Crippen molar-refractivity contribution in [3.8, 4) is 0 Å². The molecule has 4 nitrogen and oxygen atoms in total. The Bertz CT molecular complexity index is 477. The van der Waals surface area contributed by atoms with Crippen molar-refractivity contribution in [2.45, 2.75) is 37.8 Å². The first kappa shape index (κ1) is 13.2. The van der Waals surface area contributed by atoms with Gasteiger partial charge in [0.15, 0.2) is 0 Å². The fourth-order valence-electron chi connectivity index (χ4n) is 2.54. The lowest BCUT2D eigenvalue weighted by atomic mass is 9.91. The van der Waals surface area contributed by atoms with E-state index in [0.29, 0.717) is 6.04 Å². The molecule has 1 fully saturated rings. The van der Waals surface area contributed by atoms with Crippen LogP contribution in [0.4, 0.5) is 5.95 Å². The van der Waals surface area contributed by atoms with Crippen LogP contribution < -0.4 is 11.1 Å². The number of rotatable bonds is 2. The van der Waals surface area contributed by atoms with E-state index in [9.17, 15) is 0 Å². The number of anilines is 1. The molecule has 0 spiro atoms. The van der Waals surface area contributed by atoms with Gasteiger partial charge in [-0.15, -0.1) is 12.4 Å². The van der Waals surface area contributed by atoms with Crippen LogP contribution in [0.3, 0.4) is 0 Å². The molecule has 2 unspecified atom stereocenters. The van der Waals surface area contributed by atoms with Crippen LogP contribution in [0.1, 0.15) is 25.7 Å². The van der Waals surface area contributed by atoms with Gasteiger partial charge in [-0.25, -0.2) is 4.98 Å². The van der Waals surface area contributed by atoms with Crippen LogP contribution in [-0.4, -0.2) is 22.1 Å². The van der Waals surface area contributed by atoms with Crippen LogP contribution in [-0.2, 0) is 0 Å². The van der Waals surface area contributed by atoms with E-state index in [-0.39, 0.29) is 18.4 Å². The summed E-state index contributed by atoms with van der Waals surface area (Å²) in [4.78, 5) is 7.80. The quantitative estimate of drug-likeness (QED) is 0.783. The first-order chi connectivity index (χ1) is 8.33. The molecule has 2 aromatic rings. The van der Waals surface area contributed by atoms with Crippen molar-refractivity contribution in [1.82, 2.24) is 9.97 Å². The maximum atomic E-state index is 6.12. The molecule has 18 heavy (non-hydrogen) atoms. The largest absolute Gasteiger partial charge is 0.352 e. The summed E-state index contributed by atoms with van der Waals surface area (Å²) in [6.07, 6.45) is 4.75. The number of hydrogen-bond donors (Lipinski definition) is 3. The molecule has 0 bridgehead atoms. The summed E-state index contributed by atoms with van der Waals surface area (Å²) in [7, 11) is 0. The second kappa shape index (κ2) is 5.59. The number of hydrogen-bond acceptors (Lipinski definition) is 3. The summed E-state index contributed by atoms with van der Waals surface area (Å²) < 4.78 is 0. The first-order valence-corrected chi connectivity index (χ1v) is 6.30. The average molecular weight is 267 g/mol. The van der Waals surface area contributed by atoms with Gasteiger partial charge in [0.1, 0.15) is 0 Å². The van der Waals surface area contributed by atoms with E-state index in [1.807, 2.05) is 24.3 Å². The summed E-state index contributed by atoms with van der Waals surface area (Å²) in [5.41, 5.74) is 8.19. The summed E-state index contributed by atoms with van der Waals surface area (Å²) in [6, 6.07) is 8.66. The Morgan fingerprint density at radius 1 is 1.22 bits per heavy atom. The van der Waals surface area contributed by atoms with Crippen LogP contribution in [0.2, 0.25) is 0 Å². The Balaban J connectivity index is 0.00000120. The maximum Gasteiger partial charge on any atom is 0.201 e. The summed E-state index contributed by atoms with van der Waals surface area (Å²) >= 11 is 0. The number of halogens is 1. The smallest absolute Gasteiger partial charge is 0.201 e. The van der Waals surface area contributed by atoms with Crippen LogP contribution in [0.5, 0.6) is 0 Å². The van der Waals surface area contributed by atoms with E-state index in [1.165, 1.54) is 12.8 Å². The number of nitrogens with two attached hydrogens (primary N) is 1. The number of aromatic nitrogens is 2. The summed E-state index contributed by atoms with van der Waals surface area (Å²) in [6.45, 7) is 0. The highest BCUT2D eigenvalue weighted by molar-refractivity contribution is 5.85. The van der Waals surface area contributed by atoms with E-state index in [1.54, 1.807) is 0 Å². The average Bonchev–Trinajstić information content (AvgIpc) is 2.74. The molecule has 1 aliphatic rings. The van der Waals surface area contributed by atoms with Crippen molar-refractivity contribution < 1.29 is 0 Å². The van der Waals surface area contributed by atoms with Crippen LogP contribution in [0, 0.1) is 0 Å². The van der Waals surface area contributed by atoms with Crippen molar-refractivity contribution in [3.63, 3.8) is 0 Å². The standard InChI is InChI=1S/C13H18N4.ClH/c14-9-5-1-2-6-10(9)15-13-16-11-7-3-4-8-12(11)17-13;/h3-4,7-10H,1-2,5-6,14H2,(H2,15,16,17);1H. The number of H-pyrrole nitrogens is 1. The van der Waals surface area contributed by atoms with Gasteiger partial charge in [0.05, 0.1) is 11.0 Å². The molecular formula is C13H19ClN4. The van der Waals surface area contributed by atoms with E-state index in [4.69, 9.17) is 5.73 Å². The number of fused-ring (bicyclic) bond motifs is 1. The van der Waals surface area contributed by atoms with E-state index in [0.717, 1.165) is 29.8 Å². The molecule has 5 heteroatoms. The van der Waals surface area contributed by atoms with Gasteiger partial charge < -0.3 is 16.0 Å². The van der Waals surface area contributed by atoms with Crippen LogP contribution in [0.25, 0.3) is 11.0 Å². The Hall–Kier alpha value is -1.26. The van der Waals surface area contributed by atoms with E-state index >= 15 is 0 Å². The molecule has 0 saturated heterocycles. The monoisotopic (exact) mass is 266 g/mol. The molecular weight excluding hydrogens is 248 g/mol. The van der Waals surface area contributed by atoms with Gasteiger partial charge in [0.25, 0.3) is 0 Å². The zero-order chi connectivity index (χ0) is 11.7. The lowest BCUT2D eigenvalue weighted by molar-refractivity contribution is 0.403. The maximum absolute atomic E-state index is 6.12. The minimum atomic E-state index is 0. The SMILES string of the molecule is Cl.NC1CCCCC1Nc1nc2ccccc2[nH]1. The lowest BCUT2D eigenvalue weighted by Crippen LogP contribution is -2.42. The van der Waals surface area contributed by atoms with Crippen molar-refractivity contribution >= 4 is 29.4 Å². The number of imidazole rings is 1. The lowest BCUT2D eigenvalue weighted by Gasteiger charge is -2.29. The zero-order valence-corrected chi connectivity index (χ0v) is 11.0. The van der Waals surface area contributed by atoms with Gasteiger partial charge in [-0.1, -0.05) is 25.0 Å². The second-order valence-corrected chi connectivity index (χ2v) is 4.80. The molecule has 1 aromatic heterocycles. The molecule has 1 saturated carbocycles. The van der Waals surface area contributed by atoms with Gasteiger partial charge >= 0.3 is 0 Å². The normalized spacial score (nSPS) is 23.6. The Morgan fingerprint density at radius 3 is 2.78 bits per heavy atom. The minimum Gasteiger partial charge on any atom is -0.352 e. The summed E-state index contributed by atoms with van der Waals surface area (Å²) in [5, 5.41) is 3.43. The highest BCUT2D eigenvalue weighted by atomic mass is 35.5. The van der Waals surface area contributed by atoms with Crippen LogP contribution >= 0.6 is 12.4 Å². The molecule has 1 aromatic carbocycles. The molecule has 1 heterocycles. The second-order valence-electron chi connectivity index (χ2n) is 4.80. The molecule has 0 amide bonds. The molecule has 2 atom stereocenters. The van der Waals surface area contributed by atoms with Gasteiger partial charge in [-0.3, -0.25) is 0 Å². The minimum absolute atomic E-state index is 0. The van der Waals surface area contributed by atoms with Gasteiger partial charge in [-0.05, 0) is 25.0 Å². The number of para-hydroxylation sites is 2. The van der Waals surface area contributed by atoms with Gasteiger partial charge in [0, 0.05) is 12.1 Å². The third-order valence-electron chi connectivity index (χ3n) is 3.53. The van der Waals surface area contributed by atoms with Crippen LogP contribution in [0.15, 0.2) is 24.3 Å². The van der Waals surface area contributed by atoms with Gasteiger partial charge in [0.2, 0.25) is 5.95 Å². The van der Waals surface area contributed by atoms with E-state index in [2.05, 4.69) is 15.3 Å². The van der Waals surface area contributed by atoms with Crippen molar-refractivity contribution in [1.29, 1.82) is 0 Å². The van der Waals surface area contributed by atoms with E-state index < -0.39 is 0 Å². The molecule has 1 aliphatic carbocycles. The highest BCUT2D eigenvalue weighted by Gasteiger charge is 2.22. The predicted molar refractivity (Wildman–Crippen MR) is 77.2 cm³/mol.